The highest BCUT2D eigenvalue weighted by atomic mass is 32.2. The average Bonchev–Trinajstić information content (AvgIpc) is 2.76. The van der Waals surface area contributed by atoms with Gasteiger partial charge in [-0.3, -0.25) is 9.52 Å². The maximum absolute atomic E-state index is 13.0. The lowest BCUT2D eigenvalue weighted by atomic mass is 9.97. The second-order valence-electron chi connectivity index (χ2n) is 8.38. The second-order valence-corrected chi connectivity index (χ2v) is 10.0. The average molecular weight is 475 g/mol. The summed E-state index contributed by atoms with van der Waals surface area (Å²) in [6, 6.07) is 7.88. The van der Waals surface area contributed by atoms with Gasteiger partial charge in [0.2, 0.25) is 0 Å². The summed E-state index contributed by atoms with van der Waals surface area (Å²) in [5, 5.41) is 9.81. The SMILES string of the molecule is CCOC(=O)[C@H]1CCCN(c2ccc(NS(=O)(=O)c3cc(C)c(C)cc3C)cc2C(=O)O)C1. The molecule has 0 amide bonds. The van der Waals surface area contributed by atoms with Crippen molar-refractivity contribution in [2.45, 2.75) is 45.4 Å². The zero-order chi connectivity index (χ0) is 24.3. The van der Waals surface area contributed by atoms with Crippen LogP contribution in [0.25, 0.3) is 0 Å². The molecule has 1 saturated heterocycles. The predicted molar refractivity (Wildman–Crippen MR) is 126 cm³/mol. The van der Waals surface area contributed by atoms with Crippen molar-refractivity contribution in [2.24, 2.45) is 5.92 Å². The summed E-state index contributed by atoms with van der Waals surface area (Å²) in [5.41, 5.74) is 3.03. The Bertz CT molecular complexity index is 1180. The smallest absolute Gasteiger partial charge is 0.337 e. The van der Waals surface area contributed by atoms with Crippen LogP contribution >= 0.6 is 0 Å². The summed E-state index contributed by atoms with van der Waals surface area (Å²) in [5.74, 6) is -1.79. The van der Waals surface area contributed by atoms with Gasteiger partial charge in [0.25, 0.3) is 10.0 Å². The van der Waals surface area contributed by atoms with Crippen LogP contribution in [0.3, 0.4) is 0 Å². The van der Waals surface area contributed by atoms with Crippen molar-refractivity contribution in [3.63, 3.8) is 0 Å². The van der Waals surface area contributed by atoms with E-state index in [4.69, 9.17) is 4.74 Å². The van der Waals surface area contributed by atoms with Crippen LogP contribution in [0.15, 0.2) is 35.2 Å². The number of carboxylic acids is 1. The Labute approximate surface area is 194 Å². The molecule has 1 aliphatic rings. The van der Waals surface area contributed by atoms with Gasteiger partial charge in [0.05, 0.1) is 28.7 Å². The number of ether oxygens (including phenoxy) is 1. The molecule has 0 unspecified atom stereocenters. The zero-order valence-corrected chi connectivity index (χ0v) is 20.2. The number of carbonyl (C=O) groups is 2. The Hall–Kier alpha value is -3.07. The molecule has 0 bridgehead atoms. The molecule has 1 heterocycles. The van der Waals surface area contributed by atoms with Crippen molar-refractivity contribution in [1.82, 2.24) is 0 Å². The van der Waals surface area contributed by atoms with Crippen LogP contribution in [0.1, 0.15) is 46.8 Å². The molecule has 0 aromatic heterocycles. The van der Waals surface area contributed by atoms with Crippen molar-refractivity contribution in [3.05, 3.63) is 52.6 Å². The van der Waals surface area contributed by atoms with Crippen LogP contribution in [-0.4, -0.2) is 45.2 Å². The quantitative estimate of drug-likeness (QED) is 0.585. The number of carbonyl (C=O) groups excluding carboxylic acids is 1. The maximum Gasteiger partial charge on any atom is 0.337 e. The van der Waals surface area contributed by atoms with E-state index in [1.54, 1.807) is 32.0 Å². The third kappa shape index (κ3) is 5.47. The Kier molecular flexibility index (Phi) is 7.31. The molecule has 2 aromatic carbocycles. The first kappa shape index (κ1) is 24.6. The largest absolute Gasteiger partial charge is 0.478 e. The van der Waals surface area contributed by atoms with Crippen LogP contribution in [0, 0.1) is 26.7 Å². The number of hydrogen-bond acceptors (Lipinski definition) is 6. The molecule has 1 atom stereocenters. The number of hydrogen-bond donors (Lipinski definition) is 2. The van der Waals surface area contributed by atoms with E-state index in [1.807, 2.05) is 24.8 Å². The number of piperidine rings is 1. The summed E-state index contributed by atoms with van der Waals surface area (Å²) in [7, 11) is -3.91. The first-order valence-corrected chi connectivity index (χ1v) is 12.4. The molecule has 0 radical (unpaired) electrons. The topological polar surface area (TPSA) is 113 Å². The third-order valence-corrected chi connectivity index (χ3v) is 7.47. The lowest BCUT2D eigenvalue weighted by Gasteiger charge is -2.34. The monoisotopic (exact) mass is 474 g/mol. The summed E-state index contributed by atoms with van der Waals surface area (Å²) >= 11 is 0. The van der Waals surface area contributed by atoms with E-state index in [2.05, 4.69) is 4.72 Å². The Morgan fingerprint density at radius 2 is 1.82 bits per heavy atom. The number of aryl methyl sites for hydroxylation is 3. The molecule has 2 N–H and O–H groups in total. The highest BCUT2D eigenvalue weighted by Crippen LogP contribution is 2.31. The molecule has 9 heteroatoms. The lowest BCUT2D eigenvalue weighted by Crippen LogP contribution is -2.40. The summed E-state index contributed by atoms with van der Waals surface area (Å²) in [6.07, 6.45) is 1.41. The van der Waals surface area contributed by atoms with Crippen molar-refractivity contribution >= 4 is 33.3 Å². The Balaban J connectivity index is 1.90. The van der Waals surface area contributed by atoms with Crippen LogP contribution in [0.4, 0.5) is 11.4 Å². The number of rotatable bonds is 7. The van der Waals surface area contributed by atoms with Gasteiger partial charge < -0.3 is 14.7 Å². The predicted octanol–water partition coefficient (Wildman–Crippen LogP) is 3.89. The minimum Gasteiger partial charge on any atom is -0.478 e. The Morgan fingerprint density at radius 3 is 2.48 bits per heavy atom. The number of nitrogens with zero attached hydrogens (tertiary/aromatic N) is 1. The van der Waals surface area contributed by atoms with Gasteiger partial charge >= 0.3 is 11.9 Å². The minimum atomic E-state index is -3.91. The number of esters is 1. The van der Waals surface area contributed by atoms with E-state index in [0.29, 0.717) is 37.4 Å². The van der Waals surface area contributed by atoms with Gasteiger partial charge in [0.15, 0.2) is 0 Å². The fourth-order valence-electron chi connectivity index (χ4n) is 4.13. The molecule has 1 fully saturated rings. The fraction of sp³-hybridized carbons (Fsp3) is 0.417. The minimum absolute atomic E-state index is 0.0310. The number of nitrogens with one attached hydrogen (secondary N) is 1. The van der Waals surface area contributed by atoms with Gasteiger partial charge in [-0.1, -0.05) is 6.07 Å². The van der Waals surface area contributed by atoms with Gasteiger partial charge in [-0.25, -0.2) is 13.2 Å². The van der Waals surface area contributed by atoms with Crippen LogP contribution in [0.5, 0.6) is 0 Å². The van der Waals surface area contributed by atoms with E-state index in [1.165, 1.54) is 6.07 Å². The summed E-state index contributed by atoms with van der Waals surface area (Å²) < 4.78 is 33.7. The molecule has 0 aliphatic carbocycles. The van der Waals surface area contributed by atoms with Crippen LogP contribution < -0.4 is 9.62 Å². The molecule has 1 aliphatic heterocycles. The van der Waals surface area contributed by atoms with E-state index in [9.17, 15) is 23.1 Å². The summed E-state index contributed by atoms with van der Waals surface area (Å²) in [6.45, 7) is 8.48. The number of anilines is 2. The first-order valence-electron chi connectivity index (χ1n) is 10.9. The Morgan fingerprint density at radius 1 is 1.12 bits per heavy atom. The molecular formula is C24H30N2O6S. The molecule has 178 valence electrons. The van der Waals surface area contributed by atoms with Crippen molar-refractivity contribution in [3.8, 4) is 0 Å². The number of carboxylic acid groups (broad SMARTS) is 1. The van der Waals surface area contributed by atoms with Gasteiger partial charge in [-0.15, -0.1) is 0 Å². The highest BCUT2D eigenvalue weighted by molar-refractivity contribution is 7.92. The molecular weight excluding hydrogens is 444 g/mol. The molecule has 33 heavy (non-hydrogen) atoms. The van der Waals surface area contributed by atoms with Crippen molar-refractivity contribution < 1.29 is 27.9 Å². The highest BCUT2D eigenvalue weighted by Gasteiger charge is 2.29. The van der Waals surface area contributed by atoms with Crippen LogP contribution in [0.2, 0.25) is 0 Å². The van der Waals surface area contributed by atoms with E-state index < -0.39 is 16.0 Å². The van der Waals surface area contributed by atoms with E-state index in [-0.39, 0.29) is 28.0 Å². The molecule has 2 aromatic rings. The van der Waals surface area contributed by atoms with Gasteiger partial charge in [0.1, 0.15) is 0 Å². The molecule has 8 nitrogen and oxygen atoms in total. The van der Waals surface area contributed by atoms with Gasteiger partial charge in [-0.2, -0.15) is 0 Å². The second kappa shape index (κ2) is 9.82. The number of benzene rings is 2. The zero-order valence-electron chi connectivity index (χ0n) is 19.3. The van der Waals surface area contributed by atoms with Crippen molar-refractivity contribution in [2.75, 3.05) is 29.3 Å². The molecule has 3 rings (SSSR count). The van der Waals surface area contributed by atoms with Gasteiger partial charge in [-0.05, 0) is 81.5 Å². The third-order valence-electron chi connectivity index (χ3n) is 5.94. The molecule has 0 spiro atoms. The summed E-state index contributed by atoms with van der Waals surface area (Å²) in [4.78, 5) is 26.2. The van der Waals surface area contributed by atoms with Crippen molar-refractivity contribution in [1.29, 1.82) is 0 Å². The van der Waals surface area contributed by atoms with E-state index in [0.717, 1.165) is 17.5 Å². The van der Waals surface area contributed by atoms with Gasteiger partial charge in [0, 0.05) is 18.8 Å². The number of sulfonamides is 1. The standard InChI is InChI=1S/C24H30N2O6S/c1-5-32-24(29)18-7-6-10-26(14-18)21-9-8-19(13-20(21)23(27)28)25-33(30,31)22-12-16(3)15(2)11-17(22)4/h8-9,11-13,18,25H,5-7,10,14H2,1-4H3,(H,27,28)/t18-/m0/s1. The first-order chi connectivity index (χ1) is 15.5. The normalized spacial score (nSPS) is 16.4. The van der Waals surface area contributed by atoms with Crippen LogP contribution in [-0.2, 0) is 19.6 Å². The van der Waals surface area contributed by atoms with E-state index >= 15 is 0 Å². The molecule has 0 saturated carbocycles. The number of aromatic carboxylic acids is 1. The fourth-order valence-corrected chi connectivity index (χ4v) is 5.49. The maximum atomic E-state index is 13.0. The lowest BCUT2D eigenvalue weighted by molar-refractivity contribution is -0.148.